The summed E-state index contributed by atoms with van der Waals surface area (Å²) >= 11 is 0. The number of benzene rings is 2. The van der Waals surface area contributed by atoms with Gasteiger partial charge in [0, 0.05) is 17.5 Å². The molecule has 1 heterocycles. The fraction of sp³-hybridized carbons (Fsp3) is 0.346. The maximum atomic E-state index is 13.0. The minimum Gasteiger partial charge on any atom is -0.445 e. The number of hydrogen-bond acceptors (Lipinski definition) is 6. The van der Waals surface area contributed by atoms with Gasteiger partial charge in [0.05, 0.1) is 0 Å². The Morgan fingerprint density at radius 2 is 1.82 bits per heavy atom. The SMILES string of the molecule is CCc1cc2c(C)cc(=O)oc2cc1OC(=O)[C@@H](CC(C)C)NC(=O)OCc1ccccc1. The Morgan fingerprint density at radius 3 is 2.48 bits per heavy atom. The lowest BCUT2D eigenvalue weighted by atomic mass is 10.0. The van der Waals surface area contributed by atoms with Crippen LogP contribution >= 0.6 is 0 Å². The second kappa shape index (κ2) is 10.8. The molecule has 33 heavy (non-hydrogen) atoms. The van der Waals surface area contributed by atoms with E-state index in [9.17, 15) is 14.4 Å². The third kappa shape index (κ3) is 6.44. The molecule has 1 atom stereocenters. The number of hydrogen-bond donors (Lipinski definition) is 1. The molecule has 7 nitrogen and oxygen atoms in total. The zero-order valence-electron chi connectivity index (χ0n) is 19.3. The summed E-state index contributed by atoms with van der Waals surface area (Å²) in [4.78, 5) is 37.1. The van der Waals surface area contributed by atoms with Gasteiger partial charge in [0.1, 0.15) is 24.0 Å². The number of amides is 1. The van der Waals surface area contributed by atoms with E-state index in [1.54, 1.807) is 6.07 Å². The second-order valence-corrected chi connectivity index (χ2v) is 8.37. The summed E-state index contributed by atoms with van der Waals surface area (Å²) in [5.74, 6) is -0.179. The van der Waals surface area contributed by atoms with E-state index in [1.165, 1.54) is 6.07 Å². The number of aryl methyl sites for hydroxylation is 2. The van der Waals surface area contributed by atoms with Crippen LogP contribution in [0.25, 0.3) is 11.0 Å². The van der Waals surface area contributed by atoms with Crippen molar-refractivity contribution in [2.24, 2.45) is 5.92 Å². The number of alkyl carbamates (subject to hydrolysis) is 1. The normalized spacial score (nSPS) is 11.9. The lowest BCUT2D eigenvalue weighted by Gasteiger charge is -2.20. The highest BCUT2D eigenvalue weighted by Crippen LogP contribution is 2.28. The summed E-state index contributed by atoms with van der Waals surface area (Å²) in [6.07, 6.45) is 0.290. The van der Waals surface area contributed by atoms with E-state index in [2.05, 4.69) is 5.32 Å². The van der Waals surface area contributed by atoms with E-state index in [4.69, 9.17) is 13.9 Å². The van der Waals surface area contributed by atoms with Gasteiger partial charge < -0.3 is 19.2 Å². The molecule has 0 saturated carbocycles. The summed E-state index contributed by atoms with van der Waals surface area (Å²) in [5.41, 5.74) is 2.30. The minimum atomic E-state index is -0.891. The molecule has 0 aliphatic rings. The third-order valence-corrected chi connectivity index (χ3v) is 5.22. The van der Waals surface area contributed by atoms with Crippen LogP contribution in [0.4, 0.5) is 4.79 Å². The predicted octanol–water partition coefficient (Wildman–Crippen LogP) is 4.91. The van der Waals surface area contributed by atoms with Crippen molar-refractivity contribution in [3.8, 4) is 5.75 Å². The van der Waals surface area contributed by atoms with Crippen molar-refractivity contribution in [3.05, 3.63) is 75.6 Å². The van der Waals surface area contributed by atoms with Gasteiger partial charge in [-0.15, -0.1) is 0 Å². The van der Waals surface area contributed by atoms with Gasteiger partial charge in [0.2, 0.25) is 0 Å². The smallest absolute Gasteiger partial charge is 0.408 e. The molecule has 1 amide bonds. The van der Waals surface area contributed by atoms with Crippen LogP contribution in [-0.4, -0.2) is 18.1 Å². The van der Waals surface area contributed by atoms with Crippen molar-refractivity contribution in [3.63, 3.8) is 0 Å². The largest absolute Gasteiger partial charge is 0.445 e. The van der Waals surface area contributed by atoms with Gasteiger partial charge in [-0.2, -0.15) is 0 Å². The Morgan fingerprint density at radius 1 is 1.09 bits per heavy atom. The summed E-state index contributed by atoms with van der Waals surface area (Å²) in [6.45, 7) is 7.76. The standard InChI is InChI=1S/C26H29NO6/c1-5-19-13-20-17(4)12-24(28)32-23(20)14-22(19)33-25(29)21(11-16(2)3)27-26(30)31-15-18-9-7-6-8-10-18/h6-10,12-14,16,21H,5,11,15H2,1-4H3,(H,27,30)/t21-/m1/s1. The molecule has 2 aromatic carbocycles. The summed E-state index contributed by atoms with van der Waals surface area (Å²) < 4.78 is 16.2. The molecule has 3 rings (SSSR count). The minimum absolute atomic E-state index is 0.0964. The highest BCUT2D eigenvalue weighted by atomic mass is 16.6. The van der Waals surface area contributed by atoms with E-state index >= 15 is 0 Å². The van der Waals surface area contributed by atoms with Crippen LogP contribution in [0.2, 0.25) is 0 Å². The third-order valence-electron chi connectivity index (χ3n) is 5.22. The predicted molar refractivity (Wildman–Crippen MR) is 125 cm³/mol. The topological polar surface area (TPSA) is 94.8 Å². The number of carbonyl (C=O) groups excluding carboxylic acids is 2. The van der Waals surface area contributed by atoms with Crippen molar-refractivity contribution < 1.29 is 23.5 Å². The molecule has 0 unspecified atom stereocenters. The maximum Gasteiger partial charge on any atom is 0.408 e. The number of ether oxygens (including phenoxy) is 2. The Hall–Kier alpha value is -3.61. The van der Waals surface area contributed by atoms with Crippen LogP contribution in [0.3, 0.4) is 0 Å². The maximum absolute atomic E-state index is 13.0. The first-order valence-corrected chi connectivity index (χ1v) is 11.0. The van der Waals surface area contributed by atoms with Crippen LogP contribution in [0.1, 0.15) is 43.9 Å². The Balaban J connectivity index is 1.77. The molecule has 0 aliphatic heterocycles. The molecule has 1 aromatic heterocycles. The van der Waals surface area contributed by atoms with Crippen molar-refractivity contribution in [1.29, 1.82) is 0 Å². The quantitative estimate of drug-likeness (QED) is 0.297. The van der Waals surface area contributed by atoms with Crippen molar-refractivity contribution in [2.75, 3.05) is 0 Å². The number of rotatable bonds is 8. The number of nitrogens with one attached hydrogen (secondary N) is 1. The van der Waals surface area contributed by atoms with Gasteiger partial charge >= 0.3 is 17.7 Å². The van der Waals surface area contributed by atoms with Gasteiger partial charge in [0.15, 0.2) is 0 Å². The molecule has 7 heteroatoms. The van der Waals surface area contributed by atoms with Crippen LogP contribution < -0.4 is 15.7 Å². The summed E-state index contributed by atoms with van der Waals surface area (Å²) in [7, 11) is 0. The lowest BCUT2D eigenvalue weighted by molar-refractivity contribution is -0.137. The molecule has 174 valence electrons. The molecule has 3 aromatic rings. The van der Waals surface area contributed by atoms with E-state index in [-0.39, 0.29) is 12.5 Å². The Kier molecular flexibility index (Phi) is 7.87. The molecule has 0 radical (unpaired) electrons. The highest BCUT2D eigenvalue weighted by Gasteiger charge is 2.26. The summed E-state index contributed by atoms with van der Waals surface area (Å²) in [6, 6.07) is 13.2. The first-order valence-electron chi connectivity index (χ1n) is 11.0. The summed E-state index contributed by atoms with van der Waals surface area (Å²) in [5, 5.41) is 3.41. The van der Waals surface area contributed by atoms with Crippen LogP contribution in [-0.2, 0) is 22.6 Å². The Bertz CT molecular complexity index is 1180. The molecule has 0 spiro atoms. The number of fused-ring (bicyclic) bond motifs is 1. The first-order chi connectivity index (χ1) is 15.8. The molecule has 0 saturated heterocycles. The fourth-order valence-corrected chi connectivity index (χ4v) is 3.53. The Labute approximate surface area is 192 Å². The van der Waals surface area contributed by atoms with E-state index in [1.807, 2.05) is 64.1 Å². The van der Waals surface area contributed by atoms with E-state index in [0.717, 1.165) is 22.1 Å². The highest BCUT2D eigenvalue weighted by molar-refractivity contribution is 5.86. The molecule has 0 aliphatic carbocycles. The van der Waals surface area contributed by atoms with Gasteiger partial charge in [-0.3, -0.25) is 0 Å². The van der Waals surface area contributed by atoms with Gasteiger partial charge in [-0.05, 0) is 48.4 Å². The molecule has 0 bridgehead atoms. The monoisotopic (exact) mass is 451 g/mol. The van der Waals surface area contributed by atoms with Gasteiger partial charge in [-0.25, -0.2) is 14.4 Å². The average Bonchev–Trinajstić information content (AvgIpc) is 2.77. The van der Waals surface area contributed by atoms with Crippen molar-refractivity contribution in [2.45, 2.75) is 53.2 Å². The molecule has 0 fully saturated rings. The van der Waals surface area contributed by atoms with Crippen molar-refractivity contribution in [1.82, 2.24) is 5.32 Å². The van der Waals surface area contributed by atoms with Crippen molar-refractivity contribution >= 4 is 23.0 Å². The number of carbonyl (C=O) groups is 2. The fourth-order valence-electron chi connectivity index (χ4n) is 3.53. The second-order valence-electron chi connectivity index (χ2n) is 8.37. The first kappa shape index (κ1) is 24.0. The van der Waals surface area contributed by atoms with Crippen LogP contribution in [0, 0.1) is 12.8 Å². The molecular formula is C26H29NO6. The van der Waals surface area contributed by atoms with E-state index < -0.39 is 23.7 Å². The zero-order valence-corrected chi connectivity index (χ0v) is 19.3. The zero-order chi connectivity index (χ0) is 24.0. The van der Waals surface area contributed by atoms with Gasteiger partial charge in [0.25, 0.3) is 0 Å². The van der Waals surface area contributed by atoms with E-state index in [0.29, 0.717) is 24.2 Å². The lowest BCUT2D eigenvalue weighted by Crippen LogP contribution is -2.44. The average molecular weight is 452 g/mol. The molecule has 1 N–H and O–H groups in total. The van der Waals surface area contributed by atoms with Crippen LogP contribution in [0.15, 0.2) is 57.7 Å². The van der Waals surface area contributed by atoms with Gasteiger partial charge in [-0.1, -0.05) is 51.1 Å². The van der Waals surface area contributed by atoms with Crippen LogP contribution in [0.5, 0.6) is 5.75 Å². The number of esters is 1. The molecular weight excluding hydrogens is 422 g/mol.